The summed E-state index contributed by atoms with van der Waals surface area (Å²) >= 11 is 6.02. The van der Waals surface area contributed by atoms with Gasteiger partial charge >= 0.3 is 0 Å². The van der Waals surface area contributed by atoms with Gasteiger partial charge in [0.25, 0.3) is 10.9 Å². The average Bonchev–Trinajstić information content (AvgIpc) is 2.79. The van der Waals surface area contributed by atoms with E-state index in [1.807, 2.05) is 60.7 Å². The van der Waals surface area contributed by atoms with E-state index in [-0.39, 0.29) is 23.2 Å². The first-order valence-corrected chi connectivity index (χ1v) is 9.80. The second-order valence-electron chi connectivity index (χ2n) is 7.00. The summed E-state index contributed by atoms with van der Waals surface area (Å²) in [7, 11) is 0. The molecule has 0 saturated heterocycles. The second kappa shape index (κ2) is 8.05. The van der Waals surface area contributed by atoms with Crippen molar-refractivity contribution in [3.05, 3.63) is 115 Å². The normalized spacial score (nSPS) is 11.0. The standard InChI is InChI=1S/C24H19ClN2O3/c1-14-17(25)12-13-18(22(14)28)26-20-21(24(30)23(20)29)27-19(15-8-4-2-5-9-15)16-10-6-3-7-11-16/h2-13,19,26-28H,1H3. The van der Waals surface area contributed by atoms with E-state index in [1.54, 1.807) is 19.1 Å². The molecule has 5 nitrogen and oxygen atoms in total. The number of phenolic OH excluding ortho intramolecular Hbond substituents is 1. The second-order valence-corrected chi connectivity index (χ2v) is 7.41. The maximum atomic E-state index is 12.4. The van der Waals surface area contributed by atoms with E-state index in [1.165, 1.54) is 0 Å². The van der Waals surface area contributed by atoms with Crippen LogP contribution in [-0.2, 0) is 0 Å². The zero-order valence-corrected chi connectivity index (χ0v) is 16.9. The van der Waals surface area contributed by atoms with Crippen LogP contribution in [0.4, 0.5) is 17.1 Å². The molecule has 0 spiro atoms. The lowest BCUT2D eigenvalue weighted by molar-refractivity contribution is 0.473. The molecule has 0 unspecified atom stereocenters. The topological polar surface area (TPSA) is 78.4 Å². The van der Waals surface area contributed by atoms with Crippen LogP contribution < -0.4 is 21.5 Å². The zero-order chi connectivity index (χ0) is 21.3. The molecule has 0 aromatic heterocycles. The monoisotopic (exact) mass is 418 g/mol. The fourth-order valence-corrected chi connectivity index (χ4v) is 3.51. The molecule has 30 heavy (non-hydrogen) atoms. The Morgan fingerprint density at radius 1 is 0.800 bits per heavy atom. The van der Waals surface area contributed by atoms with Crippen LogP contribution in [0.1, 0.15) is 22.7 Å². The van der Waals surface area contributed by atoms with Crippen LogP contribution in [0.2, 0.25) is 5.02 Å². The van der Waals surface area contributed by atoms with Crippen LogP contribution in [-0.4, -0.2) is 5.11 Å². The number of phenols is 1. The van der Waals surface area contributed by atoms with Crippen molar-refractivity contribution in [1.29, 1.82) is 0 Å². The summed E-state index contributed by atoms with van der Waals surface area (Å²) in [5.74, 6) is -0.0656. The van der Waals surface area contributed by atoms with Crippen molar-refractivity contribution in [1.82, 2.24) is 0 Å². The van der Waals surface area contributed by atoms with Crippen molar-refractivity contribution >= 4 is 28.7 Å². The maximum absolute atomic E-state index is 12.4. The van der Waals surface area contributed by atoms with Gasteiger partial charge in [0, 0.05) is 10.6 Å². The number of aromatic hydroxyl groups is 1. The molecule has 4 aromatic carbocycles. The molecule has 0 radical (unpaired) electrons. The molecule has 0 atom stereocenters. The lowest BCUT2D eigenvalue weighted by Gasteiger charge is -2.24. The van der Waals surface area contributed by atoms with Crippen molar-refractivity contribution in [3.8, 4) is 5.75 Å². The Morgan fingerprint density at radius 3 is 1.90 bits per heavy atom. The Kier molecular flexibility index (Phi) is 5.29. The molecular weight excluding hydrogens is 400 g/mol. The number of anilines is 3. The highest BCUT2D eigenvalue weighted by Gasteiger charge is 2.26. The fraction of sp³-hybridized carbons (Fsp3) is 0.0833. The highest BCUT2D eigenvalue weighted by Crippen LogP contribution is 2.36. The largest absolute Gasteiger partial charge is 0.505 e. The smallest absolute Gasteiger partial charge is 0.253 e. The van der Waals surface area contributed by atoms with E-state index >= 15 is 0 Å². The van der Waals surface area contributed by atoms with E-state index in [0.29, 0.717) is 16.3 Å². The van der Waals surface area contributed by atoms with Crippen molar-refractivity contribution < 1.29 is 5.11 Å². The van der Waals surface area contributed by atoms with Crippen molar-refractivity contribution in [2.75, 3.05) is 10.6 Å². The minimum absolute atomic E-state index is 0.0656. The number of rotatable bonds is 6. The summed E-state index contributed by atoms with van der Waals surface area (Å²) in [6, 6.07) is 22.2. The molecule has 0 bridgehead atoms. The Bertz CT molecular complexity index is 1220. The summed E-state index contributed by atoms with van der Waals surface area (Å²) in [4.78, 5) is 24.6. The third-order valence-electron chi connectivity index (χ3n) is 5.09. The molecule has 150 valence electrons. The number of halogens is 1. The zero-order valence-electron chi connectivity index (χ0n) is 16.1. The molecule has 0 heterocycles. The van der Waals surface area contributed by atoms with E-state index in [9.17, 15) is 14.7 Å². The highest BCUT2D eigenvalue weighted by atomic mass is 35.5. The van der Waals surface area contributed by atoms with Crippen LogP contribution in [0, 0.1) is 6.92 Å². The van der Waals surface area contributed by atoms with Crippen molar-refractivity contribution in [3.63, 3.8) is 0 Å². The molecule has 0 saturated carbocycles. The molecule has 0 amide bonds. The van der Waals surface area contributed by atoms with Gasteiger partial charge in [0.05, 0.1) is 11.7 Å². The van der Waals surface area contributed by atoms with Gasteiger partial charge in [0.2, 0.25) is 0 Å². The first kappa shape index (κ1) is 19.7. The SMILES string of the molecule is Cc1c(Cl)ccc(Nc2c(NC(c3ccccc3)c3ccccc3)c(=O)c2=O)c1O. The van der Waals surface area contributed by atoms with Crippen LogP contribution in [0.3, 0.4) is 0 Å². The molecule has 0 aliphatic heterocycles. The minimum Gasteiger partial charge on any atom is -0.505 e. The van der Waals surface area contributed by atoms with Crippen molar-refractivity contribution in [2.45, 2.75) is 13.0 Å². The minimum atomic E-state index is -0.635. The van der Waals surface area contributed by atoms with E-state index < -0.39 is 10.9 Å². The molecule has 3 N–H and O–H groups in total. The third kappa shape index (κ3) is 3.55. The predicted octanol–water partition coefficient (Wildman–Crippen LogP) is 4.90. The summed E-state index contributed by atoms with van der Waals surface area (Å²) < 4.78 is 0. The molecule has 6 heteroatoms. The van der Waals surface area contributed by atoms with E-state index in [0.717, 1.165) is 11.1 Å². The van der Waals surface area contributed by atoms with Crippen LogP contribution in [0.5, 0.6) is 5.75 Å². The Balaban J connectivity index is 1.71. The molecule has 0 fully saturated rings. The molecule has 4 rings (SSSR count). The Morgan fingerprint density at radius 2 is 1.33 bits per heavy atom. The van der Waals surface area contributed by atoms with Gasteiger partial charge in [-0.2, -0.15) is 0 Å². The number of benzene rings is 3. The van der Waals surface area contributed by atoms with Gasteiger partial charge in [-0.05, 0) is 30.2 Å². The third-order valence-corrected chi connectivity index (χ3v) is 5.50. The molecular formula is C24H19ClN2O3. The van der Waals surface area contributed by atoms with Gasteiger partial charge < -0.3 is 15.7 Å². The molecule has 0 aliphatic carbocycles. The average molecular weight is 419 g/mol. The molecule has 0 aliphatic rings. The van der Waals surface area contributed by atoms with Crippen LogP contribution in [0.25, 0.3) is 0 Å². The Labute approximate surface area is 178 Å². The first-order valence-electron chi connectivity index (χ1n) is 9.42. The summed E-state index contributed by atoms with van der Waals surface area (Å²) in [6.45, 7) is 1.67. The maximum Gasteiger partial charge on any atom is 0.253 e. The Hall–Kier alpha value is -3.57. The van der Waals surface area contributed by atoms with Crippen LogP contribution in [0.15, 0.2) is 82.4 Å². The van der Waals surface area contributed by atoms with Crippen LogP contribution >= 0.6 is 11.6 Å². The summed E-state index contributed by atoms with van der Waals surface area (Å²) in [5, 5.41) is 16.9. The predicted molar refractivity (Wildman–Crippen MR) is 121 cm³/mol. The van der Waals surface area contributed by atoms with Gasteiger partial charge in [-0.3, -0.25) is 9.59 Å². The summed E-state index contributed by atoms with van der Waals surface area (Å²) in [5.41, 5.74) is 1.77. The summed E-state index contributed by atoms with van der Waals surface area (Å²) in [6.07, 6.45) is 0. The molecule has 4 aromatic rings. The van der Waals surface area contributed by atoms with Gasteiger partial charge in [-0.1, -0.05) is 72.3 Å². The number of hydrogen-bond acceptors (Lipinski definition) is 5. The van der Waals surface area contributed by atoms with Gasteiger partial charge in [0.15, 0.2) is 0 Å². The number of hydrogen-bond donors (Lipinski definition) is 3. The lowest BCUT2D eigenvalue weighted by Crippen LogP contribution is -2.37. The quantitative estimate of drug-likeness (QED) is 0.307. The van der Waals surface area contributed by atoms with Gasteiger partial charge in [-0.15, -0.1) is 0 Å². The van der Waals surface area contributed by atoms with E-state index in [2.05, 4.69) is 10.6 Å². The number of nitrogens with one attached hydrogen (secondary N) is 2. The lowest BCUT2D eigenvalue weighted by atomic mass is 9.97. The van der Waals surface area contributed by atoms with Gasteiger partial charge in [0.1, 0.15) is 17.1 Å². The van der Waals surface area contributed by atoms with Crippen molar-refractivity contribution in [2.24, 2.45) is 0 Å². The fourth-order valence-electron chi connectivity index (χ4n) is 3.35. The highest BCUT2D eigenvalue weighted by molar-refractivity contribution is 6.31. The van der Waals surface area contributed by atoms with Gasteiger partial charge in [-0.25, -0.2) is 0 Å². The van der Waals surface area contributed by atoms with E-state index in [4.69, 9.17) is 11.6 Å². The first-order chi connectivity index (χ1) is 14.5.